The molecule has 1 unspecified atom stereocenters. The molecule has 2 N–H and O–H groups in total. The molecule has 1 amide bonds. The number of nitrogens with zero attached hydrogens (tertiary/aromatic N) is 1. The van der Waals surface area contributed by atoms with Crippen molar-refractivity contribution in [2.45, 2.75) is 6.04 Å². The quantitative estimate of drug-likeness (QED) is 0.777. The van der Waals surface area contributed by atoms with Gasteiger partial charge >= 0.3 is 0 Å². The van der Waals surface area contributed by atoms with Crippen molar-refractivity contribution >= 4 is 5.91 Å². The fourth-order valence-corrected chi connectivity index (χ4v) is 3.02. The number of para-hydroxylation sites is 2. The number of nitrogens with one attached hydrogen (secondary N) is 1. The first-order chi connectivity index (χ1) is 13.1. The van der Waals surface area contributed by atoms with Gasteiger partial charge in [0.15, 0.2) is 18.1 Å². The van der Waals surface area contributed by atoms with Gasteiger partial charge in [0.1, 0.15) is 5.82 Å². The monoisotopic (exact) mass is 374 g/mol. The fourth-order valence-electron chi connectivity index (χ4n) is 3.02. The van der Waals surface area contributed by atoms with E-state index < -0.39 is 0 Å². The molecular weight excluding hydrogens is 351 g/mol. The Bertz CT molecular complexity index is 748. The number of phenolic OH excluding ortho intramolecular Hbond substituents is 1. The van der Waals surface area contributed by atoms with Crippen molar-refractivity contribution in [1.82, 2.24) is 10.2 Å². The highest BCUT2D eigenvalue weighted by molar-refractivity contribution is 5.77. The maximum atomic E-state index is 13.3. The van der Waals surface area contributed by atoms with E-state index in [0.29, 0.717) is 19.8 Å². The topological polar surface area (TPSA) is 71.0 Å². The van der Waals surface area contributed by atoms with Gasteiger partial charge in [0.2, 0.25) is 0 Å². The van der Waals surface area contributed by atoms with Crippen LogP contribution in [0.1, 0.15) is 11.6 Å². The number of carbonyl (C=O) groups is 1. The molecule has 6 nitrogen and oxygen atoms in total. The second-order valence-corrected chi connectivity index (χ2v) is 6.28. The standard InChI is InChI=1S/C20H23FN2O4/c21-16-7-5-15(6-8-16)17(23-9-11-26-12-10-23)13-22-20(25)14-27-19-4-2-1-3-18(19)24/h1-8,17,24H,9-14H2,(H,22,25). The van der Waals surface area contributed by atoms with E-state index in [1.54, 1.807) is 30.3 Å². The van der Waals surface area contributed by atoms with Crippen molar-refractivity contribution < 1.29 is 23.8 Å². The molecular formula is C20H23FN2O4. The Morgan fingerprint density at radius 1 is 1.19 bits per heavy atom. The Morgan fingerprint density at radius 2 is 1.89 bits per heavy atom. The largest absolute Gasteiger partial charge is 0.504 e. The zero-order valence-corrected chi connectivity index (χ0v) is 14.9. The van der Waals surface area contributed by atoms with Crippen LogP contribution in [0.15, 0.2) is 48.5 Å². The predicted octanol–water partition coefficient (Wildman–Crippen LogP) is 2.10. The zero-order chi connectivity index (χ0) is 19.1. The number of benzene rings is 2. The molecule has 0 aromatic heterocycles. The van der Waals surface area contributed by atoms with Crippen molar-refractivity contribution in [3.05, 3.63) is 59.9 Å². The summed E-state index contributed by atoms with van der Waals surface area (Å²) in [5.41, 5.74) is 0.931. The van der Waals surface area contributed by atoms with Crippen LogP contribution in [0.2, 0.25) is 0 Å². The summed E-state index contributed by atoms with van der Waals surface area (Å²) in [6, 6.07) is 12.7. The van der Waals surface area contributed by atoms with Crippen molar-refractivity contribution in [3.63, 3.8) is 0 Å². The van der Waals surface area contributed by atoms with E-state index in [1.165, 1.54) is 18.2 Å². The number of aromatic hydroxyl groups is 1. The van der Waals surface area contributed by atoms with Gasteiger partial charge in [-0.2, -0.15) is 0 Å². The number of carbonyl (C=O) groups excluding carboxylic acids is 1. The van der Waals surface area contributed by atoms with Crippen LogP contribution in [-0.2, 0) is 9.53 Å². The second kappa shape index (κ2) is 9.34. The third-order valence-corrected chi connectivity index (χ3v) is 4.46. The summed E-state index contributed by atoms with van der Waals surface area (Å²) in [4.78, 5) is 14.4. The number of phenols is 1. The van der Waals surface area contributed by atoms with Crippen LogP contribution in [0.25, 0.3) is 0 Å². The van der Waals surface area contributed by atoms with Crippen LogP contribution >= 0.6 is 0 Å². The normalized spacial score (nSPS) is 15.9. The number of halogens is 1. The molecule has 1 aliphatic rings. The predicted molar refractivity (Wildman–Crippen MR) is 98.1 cm³/mol. The average Bonchev–Trinajstić information content (AvgIpc) is 2.69. The molecule has 0 saturated carbocycles. The van der Waals surface area contributed by atoms with E-state index in [9.17, 15) is 14.3 Å². The third-order valence-electron chi connectivity index (χ3n) is 4.46. The highest BCUT2D eigenvalue weighted by Crippen LogP contribution is 2.24. The molecule has 144 valence electrons. The van der Waals surface area contributed by atoms with Crippen molar-refractivity contribution in [2.24, 2.45) is 0 Å². The van der Waals surface area contributed by atoms with E-state index in [0.717, 1.165) is 18.7 Å². The van der Waals surface area contributed by atoms with Crippen LogP contribution in [0.5, 0.6) is 11.5 Å². The van der Waals surface area contributed by atoms with E-state index in [-0.39, 0.29) is 35.9 Å². The summed E-state index contributed by atoms with van der Waals surface area (Å²) >= 11 is 0. The Hall–Kier alpha value is -2.64. The molecule has 0 radical (unpaired) electrons. The summed E-state index contributed by atoms with van der Waals surface area (Å²) in [6.07, 6.45) is 0. The van der Waals surface area contributed by atoms with E-state index in [2.05, 4.69) is 10.2 Å². The lowest BCUT2D eigenvalue weighted by Gasteiger charge is -2.35. The van der Waals surface area contributed by atoms with Gasteiger partial charge in [-0.05, 0) is 29.8 Å². The SMILES string of the molecule is O=C(COc1ccccc1O)NCC(c1ccc(F)cc1)N1CCOCC1. The Kier molecular flexibility index (Phi) is 6.62. The second-order valence-electron chi connectivity index (χ2n) is 6.28. The van der Waals surface area contributed by atoms with Crippen LogP contribution in [0.3, 0.4) is 0 Å². The maximum Gasteiger partial charge on any atom is 0.258 e. The summed E-state index contributed by atoms with van der Waals surface area (Å²) in [5, 5.41) is 12.5. The summed E-state index contributed by atoms with van der Waals surface area (Å²) in [6.45, 7) is 2.91. The summed E-state index contributed by atoms with van der Waals surface area (Å²) < 4.78 is 24.0. The lowest BCUT2D eigenvalue weighted by Crippen LogP contribution is -2.44. The van der Waals surface area contributed by atoms with Crippen molar-refractivity contribution in [2.75, 3.05) is 39.5 Å². The molecule has 0 aliphatic carbocycles. The number of hydrogen-bond acceptors (Lipinski definition) is 5. The molecule has 27 heavy (non-hydrogen) atoms. The van der Waals surface area contributed by atoms with E-state index in [1.807, 2.05) is 0 Å². The van der Waals surface area contributed by atoms with Gasteiger partial charge < -0.3 is 19.9 Å². The Labute approximate surface area is 157 Å². The van der Waals surface area contributed by atoms with Gasteiger partial charge in [0.25, 0.3) is 5.91 Å². The number of hydrogen-bond donors (Lipinski definition) is 2. The molecule has 2 aromatic rings. The molecule has 1 fully saturated rings. The molecule has 3 rings (SSSR count). The zero-order valence-electron chi connectivity index (χ0n) is 14.9. The van der Waals surface area contributed by atoms with Crippen LogP contribution in [0.4, 0.5) is 4.39 Å². The van der Waals surface area contributed by atoms with Crippen LogP contribution < -0.4 is 10.1 Å². The van der Waals surface area contributed by atoms with Gasteiger partial charge in [0, 0.05) is 19.6 Å². The summed E-state index contributed by atoms with van der Waals surface area (Å²) in [7, 11) is 0. The molecule has 0 spiro atoms. The average molecular weight is 374 g/mol. The molecule has 7 heteroatoms. The lowest BCUT2D eigenvalue weighted by molar-refractivity contribution is -0.123. The lowest BCUT2D eigenvalue weighted by atomic mass is 10.0. The molecule has 2 aromatic carbocycles. The van der Waals surface area contributed by atoms with Gasteiger partial charge in [0.05, 0.1) is 19.3 Å². The number of amides is 1. The molecule has 1 aliphatic heterocycles. The molecule has 0 bridgehead atoms. The van der Waals surface area contributed by atoms with Crippen molar-refractivity contribution in [3.8, 4) is 11.5 Å². The van der Waals surface area contributed by atoms with Crippen LogP contribution in [0, 0.1) is 5.82 Å². The fraction of sp³-hybridized carbons (Fsp3) is 0.350. The minimum absolute atomic E-state index is 0.0113. The Balaban J connectivity index is 1.59. The number of morpholine rings is 1. The Morgan fingerprint density at radius 3 is 2.59 bits per heavy atom. The molecule has 1 heterocycles. The summed E-state index contributed by atoms with van der Waals surface area (Å²) in [5.74, 6) is -0.336. The van der Waals surface area contributed by atoms with Gasteiger partial charge in [-0.15, -0.1) is 0 Å². The van der Waals surface area contributed by atoms with E-state index >= 15 is 0 Å². The minimum atomic E-state index is -0.293. The first-order valence-corrected chi connectivity index (χ1v) is 8.88. The molecule has 1 atom stereocenters. The van der Waals surface area contributed by atoms with Gasteiger partial charge in [-0.1, -0.05) is 24.3 Å². The number of ether oxygens (including phenoxy) is 2. The highest BCUT2D eigenvalue weighted by atomic mass is 19.1. The first kappa shape index (κ1) is 19.1. The third kappa shape index (κ3) is 5.42. The molecule has 1 saturated heterocycles. The highest BCUT2D eigenvalue weighted by Gasteiger charge is 2.23. The maximum absolute atomic E-state index is 13.3. The van der Waals surface area contributed by atoms with E-state index in [4.69, 9.17) is 9.47 Å². The van der Waals surface area contributed by atoms with Gasteiger partial charge in [-0.25, -0.2) is 4.39 Å². The van der Waals surface area contributed by atoms with Gasteiger partial charge in [-0.3, -0.25) is 9.69 Å². The van der Waals surface area contributed by atoms with Crippen LogP contribution in [-0.4, -0.2) is 55.4 Å². The smallest absolute Gasteiger partial charge is 0.258 e. The minimum Gasteiger partial charge on any atom is -0.504 e. The number of rotatable bonds is 7. The van der Waals surface area contributed by atoms with Crippen molar-refractivity contribution in [1.29, 1.82) is 0 Å². The first-order valence-electron chi connectivity index (χ1n) is 8.88.